The quantitative estimate of drug-likeness (QED) is 0.454. The molecule has 6 nitrogen and oxygen atoms in total. The molecule has 0 atom stereocenters. The number of thiophene rings is 1. The second kappa shape index (κ2) is 5.83. The van der Waals surface area contributed by atoms with Crippen LogP contribution in [0.25, 0.3) is 35.8 Å². The summed E-state index contributed by atoms with van der Waals surface area (Å²) in [6.45, 7) is 2.05. The highest BCUT2D eigenvalue weighted by atomic mass is 32.1. The van der Waals surface area contributed by atoms with Crippen molar-refractivity contribution in [3.63, 3.8) is 0 Å². The third kappa shape index (κ3) is 2.44. The van der Waals surface area contributed by atoms with Crippen LogP contribution >= 0.6 is 22.7 Å². The van der Waals surface area contributed by atoms with Gasteiger partial charge in [0.2, 0.25) is 0 Å². The van der Waals surface area contributed by atoms with Gasteiger partial charge in [0.05, 0.1) is 21.3 Å². The minimum atomic E-state index is -0.108. The van der Waals surface area contributed by atoms with Crippen LogP contribution in [0.5, 0.6) is 0 Å². The van der Waals surface area contributed by atoms with Gasteiger partial charge >= 0.3 is 0 Å². The van der Waals surface area contributed by atoms with Gasteiger partial charge < -0.3 is 4.90 Å². The maximum atomic E-state index is 13.2. The molecule has 4 aromatic heterocycles. The van der Waals surface area contributed by atoms with Crippen molar-refractivity contribution in [1.82, 2.24) is 19.5 Å². The molecule has 0 saturated heterocycles. The molecule has 5 aromatic rings. The monoisotopic (exact) mass is 393 g/mol. The van der Waals surface area contributed by atoms with Crippen molar-refractivity contribution in [2.24, 2.45) is 0 Å². The number of rotatable bonds is 2. The number of nitrogens with zero attached hydrogens (tertiary/aromatic N) is 5. The zero-order valence-corrected chi connectivity index (χ0v) is 16.6. The van der Waals surface area contributed by atoms with E-state index < -0.39 is 0 Å². The molecule has 4 heterocycles. The van der Waals surface area contributed by atoms with Crippen LogP contribution in [-0.4, -0.2) is 33.6 Å². The van der Waals surface area contributed by atoms with Crippen molar-refractivity contribution in [3.8, 4) is 5.13 Å². The molecule has 0 spiro atoms. The molecule has 0 amide bonds. The number of benzene rings is 1. The van der Waals surface area contributed by atoms with Crippen LogP contribution in [-0.2, 0) is 0 Å². The van der Waals surface area contributed by atoms with Gasteiger partial charge in [0.15, 0.2) is 5.13 Å². The molecule has 0 radical (unpaired) electrons. The van der Waals surface area contributed by atoms with Gasteiger partial charge in [0.25, 0.3) is 5.56 Å². The fourth-order valence-electron chi connectivity index (χ4n) is 3.17. The number of aromatic nitrogens is 4. The van der Waals surface area contributed by atoms with Crippen LogP contribution in [0.3, 0.4) is 0 Å². The number of anilines is 1. The molecule has 1 aromatic carbocycles. The highest BCUT2D eigenvalue weighted by molar-refractivity contribution is 7.25. The maximum absolute atomic E-state index is 13.2. The van der Waals surface area contributed by atoms with Crippen LogP contribution in [0.1, 0.15) is 5.56 Å². The third-order valence-corrected chi connectivity index (χ3v) is 6.57. The Bertz CT molecular complexity index is 1400. The molecule has 134 valence electrons. The second-order valence-electron chi connectivity index (χ2n) is 6.57. The molecule has 0 fully saturated rings. The summed E-state index contributed by atoms with van der Waals surface area (Å²) >= 11 is 2.88. The van der Waals surface area contributed by atoms with Crippen molar-refractivity contribution in [2.45, 2.75) is 6.92 Å². The fourth-order valence-corrected chi connectivity index (χ4v) is 5.25. The van der Waals surface area contributed by atoms with E-state index in [1.165, 1.54) is 32.8 Å². The highest BCUT2D eigenvalue weighted by Crippen LogP contribution is 2.35. The average Bonchev–Trinajstić information content (AvgIpc) is 3.23. The number of hydrogen-bond donors (Lipinski definition) is 0. The Morgan fingerprint density at radius 1 is 1.11 bits per heavy atom. The van der Waals surface area contributed by atoms with E-state index in [2.05, 4.69) is 21.0 Å². The van der Waals surface area contributed by atoms with Gasteiger partial charge in [-0.15, -0.1) is 11.3 Å². The lowest BCUT2D eigenvalue weighted by atomic mass is 10.2. The molecule has 8 heteroatoms. The standard InChI is InChI=1S/C19H15N5OS2/c1-10-4-5-11-13(8-10)26-19(22-11)24-9-21-15-14-12(23(2)3)6-7-20-17(14)27-16(15)18(24)25/h4-9H,1-3H3. The molecular formula is C19H15N5OS2. The van der Waals surface area contributed by atoms with Crippen molar-refractivity contribution in [3.05, 3.63) is 52.7 Å². The summed E-state index contributed by atoms with van der Waals surface area (Å²) in [5.41, 5.74) is 3.66. The molecule has 0 aliphatic heterocycles. The minimum absolute atomic E-state index is 0.108. The van der Waals surface area contributed by atoms with Crippen LogP contribution in [0.4, 0.5) is 5.69 Å². The van der Waals surface area contributed by atoms with Crippen LogP contribution < -0.4 is 10.5 Å². The third-order valence-electron chi connectivity index (χ3n) is 4.48. The van der Waals surface area contributed by atoms with E-state index in [9.17, 15) is 4.79 Å². The summed E-state index contributed by atoms with van der Waals surface area (Å²) in [7, 11) is 3.95. The second-order valence-corrected chi connectivity index (χ2v) is 8.58. The molecule has 0 bridgehead atoms. The van der Waals surface area contributed by atoms with Crippen molar-refractivity contribution in [2.75, 3.05) is 19.0 Å². The van der Waals surface area contributed by atoms with Crippen molar-refractivity contribution >= 4 is 59.0 Å². The Kier molecular flexibility index (Phi) is 3.53. The lowest BCUT2D eigenvalue weighted by Gasteiger charge is -2.13. The molecule has 5 rings (SSSR count). The normalized spacial score (nSPS) is 11.7. The predicted molar refractivity (Wildman–Crippen MR) is 113 cm³/mol. The summed E-state index contributed by atoms with van der Waals surface area (Å²) in [6.07, 6.45) is 3.34. The molecular weight excluding hydrogens is 378 g/mol. The van der Waals surface area contributed by atoms with Gasteiger partial charge in [-0.3, -0.25) is 4.79 Å². The van der Waals surface area contributed by atoms with Gasteiger partial charge in [-0.1, -0.05) is 17.4 Å². The number of hydrogen-bond acceptors (Lipinski definition) is 7. The van der Waals surface area contributed by atoms with E-state index in [1.807, 2.05) is 44.1 Å². The molecule has 0 saturated carbocycles. The highest BCUT2D eigenvalue weighted by Gasteiger charge is 2.18. The fraction of sp³-hybridized carbons (Fsp3) is 0.158. The van der Waals surface area contributed by atoms with E-state index in [0.29, 0.717) is 15.3 Å². The summed E-state index contributed by atoms with van der Waals surface area (Å²) in [6, 6.07) is 8.03. The first kappa shape index (κ1) is 16.3. The van der Waals surface area contributed by atoms with E-state index in [4.69, 9.17) is 0 Å². The van der Waals surface area contributed by atoms with Gasteiger partial charge in [-0.2, -0.15) is 0 Å². The van der Waals surface area contributed by atoms with E-state index in [0.717, 1.165) is 26.1 Å². The first-order chi connectivity index (χ1) is 13.0. The lowest BCUT2D eigenvalue weighted by molar-refractivity contribution is 0.956. The molecule has 27 heavy (non-hydrogen) atoms. The van der Waals surface area contributed by atoms with Crippen LogP contribution in [0.15, 0.2) is 41.6 Å². The van der Waals surface area contributed by atoms with Gasteiger partial charge in [0, 0.05) is 20.3 Å². The average molecular weight is 393 g/mol. The summed E-state index contributed by atoms with van der Waals surface area (Å²) < 4.78 is 3.20. The topological polar surface area (TPSA) is 63.9 Å². The Hall–Kier alpha value is -2.84. The molecule has 0 aliphatic rings. The Morgan fingerprint density at radius 2 is 1.96 bits per heavy atom. The Labute approximate surface area is 162 Å². The SMILES string of the molecule is Cc1ccc2nc(-n3cnc4c(sc5nccc(N(C)C)c54)c3=O)sc2c1. The maximum Gasteiger partial charge on any atom is 0.277 e. The Balaban J connectivity index is 1.79. The number of aryl methyl sites for hydroxylation is 1. The predicted octanol–water partition coefficient (Wildman–Crippen LogP) is 3.98. The molecule has 0 aliphatic carbocycles. The molecule has 0 N–H and O–H groups in total. The number of fused-ring (bicyclic) bond motifs is 4. The van der Waals surface area contributed by atoms with Crippen molar-refractivity contribution in [1.29, 1.82) is 0 Å². The van der Waals surface area contributed by atoms with Gasteiger partial charge in [0.1, 0.15) is 21.4 Å². The van der Waals surface area contributed by atoms with Crippen LogP contribution in [0, 0.1) is 6.92 Å². The van der Waals surface area contributed by atoms with E-state index in [-0.39, 0.29) is 5.56 Å². The number of pyridine rings is 1. The van der Waals surface area contributed by atoms with E-state index >= 15 is 0 Å². The zero-order valence-electron chi connectivity index (χ0n) is 14.9. The first-order valence-corrected chi connectivity index (χ1v) is 10.00. The number of thiazole rings is 1. The van der Waals surface area contributed by atoms with Crippen LogP contribution in [0.2, 0.25) is 0 Å². The lowest BCUT2D eigenvalue weighted by Crippen LogP contribution is -2.17. The van der Waals surface area contributed by atoms with Gasteiger partial charge in [-0.25, -0.2) is 19.5 Å². The smallest absolute Gasteiger partial charge is 0.277 e. The van der Waals surface area contributed by atoms with Crippen molar-refractivity contribution < 1.29 is 0 Å². The summed E-state index contributed by atoms with van der Waals surface area (Å²) in [5, 5.41) is 1.56. The summed E-state index contributed by atoms with van der Waals surface area (Å²) in [5.74, 6) is 0. The first-order valence-electron chi connectivity index (χ1n) is 8.36. The molecule has 0 unspecified atom stereocenters. The van der Waals surface area contributed by atoms with E-state index in [1.54, 1.807) is 12.5 Å². The Morgan fingerprint density at radius 3 is 2.78 bits per heavy atom. The summed E-state index contributed by atoms with van der Waals surface area (Å²) in [4.78, 5) is 29.7. The largest absolute Gasteiger partial charge is 0.377 e. The van der Waals surface area contributed by atoms with Gasteiger partial charge in [-0.05, 0) is 30.7 Å². The zero-order chi connectivity index (χ0) is 18.7. The minimum Gasteiger partial charge on any atom is -0.377 e.